The van der Waals surface area contributed by atoms with Crippen molar-refractivity contribution in [2.24, 2.45) is 5.92 Å². The summed E-state index contributed by atoms with van der Waals surface area (Å²) in [6.07, 6.45) is 0. The third-order valence-electron chi connectivity index (χ3n) is 2.25. The number of amides is 1. The van der Waals surface area contributed by atoms with Crippen molar-refractivity contribution >= 4 is 13.8 Å². The molecule has 0 rings (SSSR count). The zero-order chi connectivity index (χ0) is 9.94. The smallest absolute Gasteiger partial charge is 0.248 e. The Kier molecular flexibility index (Phi) is 3.77. The third kappa shape index (κ3) is 2.85. The molecule has 0 N–H and O–H groups in total. The van der Waals surface area contributed by atoms with Gasteiger partial charge in [-0.3, -0.25) is 9.63 Å². The Balaban J connectivity index is 4.30. The van der Waals surface area contributed by atoms with Crippen molar-refractivity contribution in [3.63, 3.8) is 0 Å². The first kappa shape index (κ1) is 11.5. The molecule has 0 fully saturated rings. The van der Waals surface area contributed by atoms with Crippen molar-refractivity contribution in [2.45, 2.75) is 26.1 Å². The molecule has 0 spiro atoms. The van der Waals surface area contributed by atoms with Crippen LogP contribution in [0.5, 0.6) is 0 Å². The van der Waals surface area contributed by atoms with Crippen LogP contribution in [0.25, 0.3) is 0 Å². The van der Waals surface area contributed by atoms with E-state index in [9.17, 15) is 4.79 Å². The number of nitrogens with zero attached hydrogens (tertiary/aromatic N) is 1. The lowest BCUT2D eigenvalue weighted by molar-refractivity contribution is -0.173. The van der Waals surface area contributed by atoms with Crippen molar-refractivity contribution in [3.8, 4) is 0 Å². The van der Waals surface area contributed by atoms with Gasteiger partial charge in [-0.2, -0.15) is 0 Å². The maximum absolute atomic E-state index is 11.5. The molecule has 1 amide bonds. The number of rotatable bonds is 3. The van der Waals surface area contributed by atoms with Gasteiger partial charge in [0.25, 0.3) is 0 Å². The summed E-state index contributed by atoms with van der Waals surface area (Å²) in [5, 5.41) is 1.26. The van der Waals surface area contributed by atoms with Gasteiger partial charge in [0, 0.05) is 13.0 Å². The van der Waals surface area contributed by atoms with Crippen LogP contribution in [-0.4, -0.2) is 33.0 Å². The predicted octanol–water partition coefficient (Wildman–Crippen LogP) is 0.474. The van der Waals surface area contributed by atoms with Crippen LogP contribution in [0, 0.1) is 5.92 Å². The van der Waals surface area contributed by atoms with Gasteiger partial charge < -0.3 is 0 Å². The Bertz CT molecular complexity index is 165. The van der Waals surface area contributed by atoms with Crippen molar-refractivity contribution in [3.05, 3.63) is 0 Å². The molecule has 0 heterocycles. The summed E-state index contributed by atoms with van der Waals surface area (Å²) in [7, 11) is 5.16. The van der Waals surface area contributed by atoms with Gasteiger partial charge in [-0.25, -0.2) is 5.06 Å². The first-order valence-electron chi connectivity index (χ1n) is 4.12. The van der Waals surface area contributed by atoms with E-state index in [0.717, 1.165) is 0 Å². The van der Waals surface area contributed by atoms with Gasteiger partial charge in [-0.05, 0) is 0 Å². The molecule has 1 atom stereocenters. The van der Waals surface area contributed by atoms with Gasteiger partial charge in [0.15, 0.2) is 0 Å². The standard InChI is InChI=1S/C8H18BNO2/c1-6(8(2,3)9)7(11)10(4)12-5/h6H,9H2,1-5H3. The fraction of sp³-hybridized carbons (Fsp3) is 0.875. The van der Waals surface area contributed by atoms with Crippen molar-refractivity contribution < 1.29 is 9.63 Å². The molecule has 0 aliphatic carbocycles. The predicted molar refractivity (Wildman–Crippen MR) is 51.5 cm³/mol. The van der Waals surface area contributed by atoms with Gasteiger partial charge in [-0.1, -0.05) is 26.1 Å². The molecule has 0 saturated carbocycles. The van der Waals surface area contributed by atoms with E-state index in [4.69, 9.17) is 4.84 Å². The van der Waals surface area contributed by atoms with Gasteiger partial charge >= 0.3 is 0 Å². The quantitative estimate of drug-likeness (QED) is 0.456. The van der Waals surface area contributed by atoms with E-state index < -0.39 is 0 Å². The first-order valence-corrected chi connectivity index (χ1v) is 4.12. The average Bonchev–Trinajstić information content (AvgIpc) is 1.98. The SMILES string of the molecule is BC(C)(C)C(C)C(=O)N(C)OC. The summed E-state index contributed by atoms with van der Waals surface area (Å²) >= 11 is 0. The number of hydrogen-bond acceptors (Lipinski definition) is 2. The molecule has 0 saturated heterocycles. The van der Waals surface area contributed by atoms with Gasteiger partial charge in [-0.15, -0.1) is 0 Å². The van der Waals surface area contributed by atoms with Crippen LogP contribution in [0.2, 0.25) is 5.31 Å². The average molecular weight is 171 g/mol. The zero-order valence-corrected chi connectivity index (χ0v) is 8.84. The van der Waals surface area contributed by atoms with E-state index in [1.165, 1.54) is 12.2 Å². The number of carbonyl (C=O) groups is 1. The van der Waals surface area contributed by atoms with Crippen LogP contribution in [0.15, 0.2) is 0 Å². The zero-order valence-electron chi connectivity index (χ0n) is 8.84. The summed E-state index contributed by atoms with van der Waals surface area (Å²) in [6.45, 7) is 6.00. The Morgan fingerprint density at radius 2 is 2.00 bits per heavy atom. The molecular formula is C8H18BNO2. The molecule has 3 nitrogen and oxygen atoms in total. The molecule has 0 aromatic heterocycles. The summed E-state index contributed by atoms with van der Waals surface area (Å²) < 4.78 is 0. The fourth-order valence-electron chi connectivity index (χ4n) is 0.733. The highest BCUT2D eigenvalue weighted by atomic mass is 16.7. The Morgan fingerprint density at radius 1 is 1.58 bits per heavy atom. The second-order valence-electron chi connectivity index (χ2n) is 4.11. The van der Waals surface area contributed by atoms with Crippen LogP contribution >= 0.6 is 0 Å². The Labute approximate surface area is 75.4 Å². The monoisotopic (exact) mass is 171 g/mol. The minimum atomic E-state index is -0.0255. The topological polar surface area (TPSA) is 29.5 Å². The van der Waals surface area contributed by atoms with Crippen LogP contribution in [0.1, 0.15) is 20.8 Å². The molecule has 1 unspecified atom stereocenters. The van der Waals surface area contributed by atoms with E-state index in [1.54, 1.807) is 7.05 Å². The second-order valence-corrected chi connectivity index (χ2v) is 4.11. The van der Waals surface area contributed by atoms with Crippen LogP contribution in [-0.2, 0) is 9.63 Å². The molecule has 0 aliphatic heterocycles. The molecule has 0 aromatic rings. The molecule has 4 heteroatoms. The van der Waals surface area contributed by atoms with Crippen molar-refractivity contribution in [1.82, 2.24) is 5.06 Å². The first-order chi connectivity index (χ1) is 5.30. The molecule has 12 heavy (non-hydrogen) atoms. The normalized spacial score (nSPS) is 14.1. The molecular weight excluding hydrogens is 153 g/mol. The second kappa shape index (κ2) is 3.94. The van der Waals surface area contributed by atoms with E-state index in [2.05, 4.69) is 0 Å². The highest BCUT2D eigenvalue weighted by Crippen LogP contribution is 2.30. The molecule has 70 valence electrons. The lowest BCUT2D eigenvalue weighted by Gasteiger charge is -2.28. The summed E-state index contributed by atoms with van der Waals surface area (Å²) in [6, 6.07) is 0. The van der Waals surface area contributed by atoms with E-state index in [-0.39, 0.29) is 17.1 Å². The number of carbonyl (C=O) groups excluding carboxylic acids is 1. The Morgan fingerprint density at radius 3 is 2.25 bits per heavy atom. The molecule has 0 aliphatic rings. The van der Waals surface area contributed by atoms with Gasteiger partial charge in [0.05, 0.1) is 7.11 Å². The molecule has 0 aromatic carbocycles. The highest BCUT2D eigenvalue weighted by molar-refractivity contribution is 6.16. The highest BCUT2D eigenvalue weighted by Gasteiger charge is 2.28. The van der Waals surface area contributed by atoms with Crippen LogP contribution in [0.4, 0.5) is 0 Å². The lowest BCUT2D eigenvalue weighted by atomic mass is 9.64. The van der Waals surface area contributed by atoms with Gasteiger partial charge in [0.2, 0.25) is 5.91 Å². The number of hydroxylamine groups is 2. The van der Waals surface area contributed by atoms with Crippen molar-refractivity contribution in [2.75, 3.05) is 14.2 Å². The summed E-state index contributed by atoms with van der Waals surface area (Å²) in [4.78, 5) is 16.3. The minimum absolute atomic E-state index is 0.0100. The number of hydrogen-bond donors (Lipinski definition) is 0. The Hall–Kier alpha value is -0.505. The van der Waals surface area contributed by atoms with Gasteiger partial charge in [0.1, 0.15) is 7.85 Å². The van der Waals surface area contributed by atoms with Crippen molar-refractivity contribution in [1.29, 1.82) is 0 Å². The molecule has 0 bridgehead atoms. The minimum Gasteiger partial charge on any atom is -0.275 e. The van der Waals surface area contributed by atoms with Crippen LogP contribution in [0.3, 0.4) is 0 Å². The van der Waals surface area contributed by atoms with E-state index in [1.807, 2.05) is 28.6 Å². The lowest BCUT2D eigenvalue weighted by Crippen LogP contribution is -2.35. The fourth-order valence-corrected chi connectivity index (χ4v) is 0.733. The third-order valence-corrected chi connectivity index (χ3v) is 2.25. The summed E-state index contributed by atoms with van der Waals surface area (Å²) in [5.41, 5.74) is 0. The molecule has 0 radical (unpaired) electrons. The maximum Gasteiger partial charge on any atom is 0.248 e. The maximum atomic E-state index is 11.5. The largest absolute Gasteiger partial charge is 0.275 e. The van der Waals surface area contributed by atoms with Crippen LogP contribution < -0.4 is 0 Å². The summed E-state index contributed by atoms with van der Waals surface area (Å²) in [5.74, 6) is -0.00699. The van der Waals surface area contributed by atoms with E-state index in [0.29, 0.717) is 0 Å². The van der Waals surface area contributed by atoms with E-state index >= 15 is 0 Å².